The van der Waals surface area contributed by atoms with Gasteiger partial charge in [0.05, 0.1) is 6.54 Å². The van der Waals surface area contributed by atoms with Gasteiger partial charge >= 0.3 is 0 Å². The van der Waals surface area contributed by atoms with Gasteiger partial charge in [-0.1, -0.05) is 0 Å². The average Bonchev–Trinajstić information content (AvgIpc) is 2.33. The Kier molecular flexibility index (Phi) is 1.58. The number of nitriles is 1. The molecule has 1 unspecified atom stereocenters. The monoisotopic (exact) mass is 142 g/mol. The third-order valence-corrected chi connectivity index (χ3v) is 1.60. The summed E-state index contributed by atoms with van der Waals surface area (Å²) >= 11 is 0. The smallest absolute Gasteiger partial charge is 0.215 e. The van der Waals surface area contributed by atoms with Gasteiger partial charge in [-0.05, 0) is 0 Å². The van der Waals surface area contributed by atoms with E-state index in [0.717, 1.165) is 0 Å². The Balaban J connectivity index is 2.59. The molecule has 0 aromatic carbocycles. The van der Waals surface area contributed by atoms with Crippen LogP contribution in [-0.4, -0.2) is 30.1 Å². The van der Waals surface area contributed by atoms with Crippen LogP contribution in [-0.2, 0) is 4.79 Å². The molecule has 3 nitrogen and oxygen atoms in total. The lowest BCUT2D eigenvalue weighted by Crippen LogP contribution is -2.26. The highest BCUT2D eigenvalue weighted by molar-refractivity contribution is 5.48. The first-order chi connectivity index (χ1) is 4.70. The Morgan fingerprint density at radius 3 is 2.80 bits per heavy atom. The Hall–Kier alpha value is -1.11. The number of carbonyl (C=O) groups excluding carboxylic acids is 1. The van der Waals surface area contributed by atoms with E-state index in [1.165, 1.54) is 11.0 Å². The predicted molar refractivity (Wildman–Crippen MR) is 31.7 cm³/mol. The van der Waals surface area contributed by atoms with Gasteiger partial charge in [0.25, 0.3) is 0 Å². The first-order valence-corrected chi connectivity index (χ1v) is 3.00. The number of alkyl halides is 1. The minimum atomic E-state index is -1.79. The molecule has 1 fully saturated rings. The molecular formula is C6H7FN2O. The minimum Gasteiger partial charge on any atom is -0.341 e. The van der Waals surface area contributed by atoms with Crippen molar-refractivity contribution in [3.05, 3.63) is 0 Å². The molecule has 0 radical (unpaired) electrons. The molecule has 0 spiro atoms. The normalized spacial score (nSPS) is 31.8. The van der Waals surface area contributed by atoms with Crippen molar-refractivity contribution in [2.24, 2.45) is 0 Å². The van der Waals surface area contributed by atoms with Crippen molar-refractivity contribution in [3.8, 4) is 6.07 Å². The van der Waals surface area contributed by atoms with Crippen molar-refractivity contribution >= 4 is 6.41 Å². The molecular weight excluding hydrogens is 135 g/mol. The van der Waals surface area contributed by atoms with Crippen molar-refractivity contribution in [1.29, 1.82) is 5.26 Å². The summed E-state index contributed by atoms with van der Waals surface area (Å²) in [7, 11) is 0. The second-order valence-corrected chi connectivity index (χ2v) is 2.40. The van der Waals surface area contributed by atoms with Crippen LogP contribution in [0.2, 0.25) is 0 Å². The second-order valence-electron chi connectivity index (χ2n) is 2.40. The molecule has 1 aliphatic rings. The van der Waals surface area contributed by atoms with Gasteiger partial charge in [0.1, 0.15) is 6.07 Å². The highest BCUT2D eigenvalue weighted by atomic mass is 19.1. The van der Waals surface area contributed by atoms with Crippen molar-refractivity contribution in [2.45, 2.75) is 12.1 Å². The molecule has 1 aliphatic heterocycles. The third-order valence-electron chi connectivity index (χ3n) is 1.60. The standard InChI is InChI=1S/C6H7FN2O/c7-6(3-8)1-2-9(4-6)5-10/h5H,1-2,4H2. The maximum absolute atomic E-state index is 12.9. The Morgan fingerprint density at radius 1 is 1.80 bits per heavy atom. The fraction of sp³-hybridized carbons (Fsp3) is 0.667. The van der Waals surface area contributed by atoms with Crippen LogP contribution >= 0.6 is 0 Å². The number of hydrogen-bond acceptors (Lipinski definition) is 2. The number of nitrogens with zero attached hydrogens (tertiary/aromatic N) is 2. The van der Waals surface area contributed by atoms with Gasteiger partial charge in [0, 0.05) is 13.0 Å². The van der Waals surface area contributed by atoms with Crippen molar-refractivity contribution in [2.75, 3.05) is 13.1 Å². The van der Waals surface area contributed by atoms with Crippen LogP contribution in [0.1, 0.15) is 6.42 Å². The molecule has 0 aromatic rings. The molecule has 0 N–H and O–H groups in total. The van der Waals surface area contributed by atoms with Crippen LogP contribution in [0.5, 0.6) is 0 Å². The molecule has 0 aromatic heterocycles. The zero-order valence-electron chi connectivity index (χ0n) is 5.38. The number of amides is 1. The first-order valence-electron chi connectivity index (χ1n) is 3.00. The van der Waals surface area contributed by atoms with Crippen LogP contribution in [0.15, 0.2) is 0 Å². The molecule has 0 bridgehead atoms. The van der Waals surface area contributed by atoms with Crippen molar-refractivity contribution in [3.63, 3.8) is 0 Å². The van der Waals surface area contributed by atoms with Crippen LogP contribution in [0.4, 0.5) is 4.39 Å². The van der Waals surface area contributed by atoms with Gasteiger partial charge in [-0.2, -0.15) is 5.26 Å². The number of carbonyl (C=O) groups is 1. The highest BCUT2D eigenvalue weighted by Crippen LogP contribution is 2.22. The largest absolute Gasteiger partial charge is 0.341 e. The van der Waals surface area contributed by atoms with Crippen LogP contribution < -0.4 is 0 Å². The number of halogens is 1. The molecule has 1 amide bonds. The minimum absolute atomic E-state index is 0.0764. The molecule has 4 heteroatoms. The molecule has 1 saturated heterocycles. The fourth-order valence-corrected chi connectivity index (χ4v) is 0.982. The van der Waals surface area contributed by atoms with Gasteiger partial charge in [0.15, 0.2) is 0 Å². The van der Waals surface area contributed by atoms with Gasteiger partial charge in [-0.25, -0.2) is 4.39 Å². The summed E-state index contributed by atoms with van der Waals surface area (Å²) < 4.78 is 12.9. The van der Waals surface area contributed by atoms with Gasteiger partial charge in [0.2, 0.25) is 12.1 Å². The van der Waals surface area contributed by atoms with Crippen LogP contribution in [0, 0.1) is 11.3 Å². The average molecular weight is 142 g/mol. The Labute approximate surface area is 58.0 Å². The van der Waals surface area contributed by atoms with E-state index in [-0.39, 0.29) is 13.0 Å². The fourth-order valence-electron chi connectivity index (χ4n) is 0.982. The number of rotatable bonds is 1. The Bertz CT molecular complexity index is 189. The molecule has 0 saturated carbocycles. The van der Waals surface area contributed by atoms with E-state index in [0.29, 0.717) is 13.0 Å². The predicted octanol–water partition coefficient (Wildman–Crippen LogP) is 0.0804. The zero-order chi connectivity index (χ0) is 7.61. The molecule has 1 atom stereocenters. The van der Waals surface area contributed by atoms with Crippen LogP contribution in [0.25, 0.3) is 0 Å². The summed E-state index contributed by atoms with van der Waals surface area (Å²) in [6.07, 6.45) is 0.709. The van der Waals surface area contributed by atoms with E-state index >= 15 is 0 Å². The summed E-state index contributed by atoms with van der Waals surface area (Å²) in [5.41, 5.74) is -1.79. The van der Waals surface area contributed by atoms with E-state index < -0.39 is 5.67 Å². The zero-order valence-corrected chi connectivity index (χ0v) is 5.38. The lowest BCUT2D eigenvalue weighted by atomic mass is 10.1. The quantitative estimate of drug-likeness (QED) is 0.486. The number of likely N-dealkylation sites (tertiary alicyclic amines) is 1. The van der Waals surface area contributed by atoms with Crippen LogP contribution in [0.3, 0.4) is 0 Å². The molecule has 1 rings (SSSR count). The molecule has 54 valence electrons. The summed E-state index contributed by atoms with van der Waals surface area (Å²) in [4.78, 5) is 11.3. The second kappa shape index (κ2) is 2.25. The molecule has 10 heavy (non-hydrogen) atoms. The lowest BCUT2D eigenvalue weighted by Gasteiger charge is -2.08. The maximum Gasteiger partial charge on any atom is 0.215 e. The SMILES string of the molecule is N#CC1(F)CCN(C=O)C1. The summed E-state index contributed by atoms with van der Waals surface area (Å²) in [5, 5.41) is 8.27. The van der Waals surface area contributed by atoms with E-state index in [2.05, 4.69) is 0 Å². The Morgan fingerprint density at radius 2 is 2.50 bits per heavy atom. The van der Waals surface area contributed by atoms with Crippen molar-refractivity contribution < 1.29 is 9.18 Å². The van der Waals surface area contributed by atoms with E-state index in [4.69, 9.17) is 5.26 Å². The van der Waals surface area contributed by atoms with Gasteiger partial charge in [-0.3, -0.25) is 4.79 Å². The topological polar surface area (TPSA) is 44.1 Å². The molecule has 1 heterocycles. The van der Waals surface area contributed by atoms with E-state index in [1.807, 2.05) is 0 Å². The van der Waals surface area contributed by atoms with Gasteiger partial charge in [-0.15, -0.1) is 0 Å². The summed E-state index contributed by atoms with van der Waals surface area (Å²) in [6.45, 7) is 0.278. The van der Waals surface area contributed by atoms with E-state index in [9.17, 15) is 9.18 Å². The highest BCUT2D eigenvalue weighted by Gasteiger charge is 2.37. The summed E-state index contributed by atoms with van der Waals surface area (Å²) in [6, 6.07) is 1.54. The third kappa shape index (κ3) is 1.08. The number of hydrogen-bond donors (Lipinski definition) is 0. The maximum atomic E-state index is 12.9. The van der Waals surface area contributed by atoms with Crippen molar-refractivity contribution in [1.82, 2.24) is 4.90 Å². The molecule has 0 aliphatic carbocycles. The van der Waals surface area contributed by atoms with E-state index in [1.54, 1.807) is 0 Å². The van der Waals surface area contributed by atoms with Gasteiger partial charge < -0.3 is 4.90 Å². The first kappa shape index (κ1) is 7.00. The summed E-state index contributed by atoms with van der Waals surface area (Å²) in [5.74, 6) is 0. The lowest BCUT2D eigenvalue weighted by molar-refractivity contribution is -0.117.